The average molecular weight is 262 g/mol. The van der Waals surface area contributed by atoms with Gasteiger partial charge in [0.05, 0.1) is 25.0 Å². The zero-order valence-corrected chi connectivity index (χ0v) is 11.1. The number of ketones is 1. The van der Waals surface area contributed by atoms with Crippen LogP contribution in [0.4, 0.5) is 0 Å². The number of epoxide rings is 1. The fourth-order valence-corrected chi connectivity index (χ4v) is 4.65. The third-order valence-electron chi connectivity index (χ3n) is 5.54. The van der Waals surface area contributed by atoms with E-state index in [-0.39, 0.29) is 29.0 Å². The zero-order valence-electron chi connectivity index (χ0n) is 11.1. The summed E-state index contributed by atoms with van der Waals surface area (Å²) in [6, 6.07) is 0. The molecule has 1 saturated heterocycles. The molecule has 19 heavy (non-hydrogen) atoms. The molecule has 0 aromatic heterocycles. The molecule has 0 N–H and O–H groups in total. The summed E-state index contributed by atoms with van der Waals surface area (Å²) in [5.74, 6) is -0.680. The second kappa shape index (κ2) is 3.48. The minimum Gasteiger partial charge on any atom is -0.466 e. The maximum absolute atomic E-state index is 12.7. The van der Waals surface area contributed by atoms with Crippen LogP contribution < -0.4 is 0 Å². The van der Waals surface area contributed by atoms with Gasteiger partial charge in [0.2, 0.25) is 0 Å². The van der Waals surface area contributed by atoms with Crippen molar-refractivity contribution in [3.63, 3.8) is 0 Å². The molecule has 2 spiro atoms. The van der Waals surface area contributed by atoms with Crippen LogP contribution in [0.25, 0.3) is 0 Å². The van der Waals surface area contributed by atoms with Gasteiger partial charge in [0.25, 0.3) is 0 Å². The number of esters is 1. The Balaban J connectivity index is 1.77. The molecule has 0 aromatic rings. The van der Waals surface area contributed by atoms with E-state index in [0.717, 1.165) is 25.7 Å². The maximum atomic E-state index is 12.7. The summed E-state index contributed by atoms with van der Waals surface area (Å²) < 4.78 is 10.8. The second-order valence-corrected chi connectivity index (χ2v) is 6.20. The number of hydrogen-bond donors (Lipinski definition) is 0. The molecule has 0 amide bonds. The van der Waals surface area contributed by atoms with Crippen molar-refractivity contribution in [1.29, 1.82) is 0 Å². The second-order valence-electron chi connectivity index (χ2n) is 6.20. The van der Waals surface area contributed by atoms with Crippen LogP contribution in [0.5, 0.6) is 0 Å². The lowest BCUT2D eigenvalue weighted by Gasteiger charge is -2.49. The van der Waals surface area contributed by atoms with Crippen LogP contribution in [-0.4, -0.2) is 30.6 Å². The van der Waals surface area contributed by atoms with E-state index in [1.165, 1.54) is 5.57 Å². The molecule has 0 aromatic carbocycles. The van der Waals surface area contributed by atoms with Crippen LogP contribution in [0, 0.1) is 17.3 Å². The Labute approximate surface area is 112 Å². The van der Waals surface area contributed by atoms with Gasteiger partial charge in [0.15, 0.2) is 11.4 Å². The van der Waals surface area contributed by atoms with Crippen LogP contribution in [0.3, 0.4) is 0 Å². The molecule has 1 aliphatic heterocycles. The van der Waals surface area contributed by atoms with E-state index in [1.807, 2.05) is 0 Å². The summed E-state index contributed by atoms with van der Waals surface area (Å²) in [6.45, 7) is 2.73. The molecule has 2 unspecified atom stereocenters. The van der Waals surface area contributed by atoms with Gasteiger partial charge in [0.1, 0.15) is 0 Å². The van der Waals surface area contributed by atoms with E-state index in [0.29, 0.717) is 13.2 Å². The minimum absolute atomic E-state index is 0.127. The highest BCUT2D eigenvalue weighted by Gasteiger charge is 2.75. The number of ether oxygens (including phenoxy) is 2. The molecule has 102 valence electrons. The average Bonchev–Trinajstić information content (AvgIpc) is 3.09. The van der Waals surface area contributed by atoms with Crippen LogP contribution >= 0.6 is 0 Å². The van der Waals surface area contributed by atoms with Crippen LogP contribution in [0.2, 0.25) is 0 Å². The minimum atomic E-state index is -0.568. The predicted octanol–water partition coefficient (Wildman–Crippen LogP) is 1.63. The van der Waals surface area contributed by atoms with Crippen molar-refractivity contribution < 1.29 is 19.1 Å². The van der Waals surface area contributed by atoms with Gasteiger partial charge in [-0.2, -0.15) is 0 Å². The van der Waals surface area contributed by atoms with Crippen molar-refractivity contribution in [2.75, 3.05) is 13.2 Å². The Morgan fingerprint density at radius 1 is 1.58 bits per heavy atom. The van der Waals surface area contributed by atoms with E-state index < -0.39 is 5.60 Å². The van der Waals surface area contributed by atoms with Gasteiger partial charge < -0.3 is 9.47 Å². The smallest absolute Gasteiger partial charge is 0.310 e. The quantitative estimate of drug-likeness (QED) is 0.431. The summed E-state index contributed by atoms with van der Waals surface area (Å²) in [4.78, 5) is 24.8. The Kier molecular flexibility index (Phi) is 2.13. The normalized spacial score (nSPS) is 46.2. The Bertz CT molecular complexity index is 502. The summed E-state index contributed by atoms with van der Waals surface area (Å²) in [7, 11) is 0. The summed E-state index contributed by atoms with van der Waals surface area (Å²) in [5.41, 5.74) is 0.618. The van der Waals surface area contributed by atoms with E-state index >= 15 is 0 Å². The molecule has 2 saturated carbocycles. The Hall–Kier alpha value is -1.16. The van der Waals surface area contributed by atoms with Gasteiger partial charge in [-0.15, -0.1) is 0 Å². The van der Waals surface area contributed by atoms with E-state index in [2.05, 4.69) is 6.08 Å². The van der Waals surface area contributed by atoms with Gasteiger partial charge in [-0.1, -0.05) is 11.6 Å². The van der Waals surface area contributed by atoms with Crippen molar-refractivity contribution in [2.45, 2.75) is 38.2 Å². The molecular formula is C15H18O4. The summed E-state index contributed by atoms with van der Waals surface area (Å²) >= 11 is 0. The SMILES string of the molecule is CCOC(=O)[C@@H]1CC23CCCC2=CC1C(=O)[C@@]31CO1. The van der Waals surface area contributed by atoms with Gasteiger partial charge in [0, 0.05) is 5.41 Å². The van der Waals surface area contributed by atoms with Gasteiger partial charge >= 0.3 is 5.97 Å². The van der Waals surface area contributed by atoms with E-state index in [9.17, 15) is 9.59 Å². The lowest BCUT2D eigenvalue weighted by atomic mass is 9.51. The zero-order chi connectivity index (χ0) is 13.3. The molecular weight excluding hydrogens is 244 g/mol. The lowest BCUT2D eigenvalue weighted by Crippen LogP contribution is -2.58. The van der Waals surface area contributed by atoms with Crippen LogP contribution in [0.1, 0.15) is 32.6 Å². The molecule has 4 nitrogen and oxygen atoms in total. The van der Waals surface area contributed by atoms with Crippen molar-refractivity contribution in [3.8, 4) is 0 Å². The molecule has 5 aliphatic rings. The first-order valence-corrected chi connectivity index (χ1v) is 7.21. The maximum Gasteiger partial charge on any atom is 0.310 e. The number of carbonyl (C=O) groups excluding carboxylic acids is 2. The summed E-state index contributed by atoms with van der Waals surface area (Å²) in [5, 5.41) is 0. The Morgan fingerprint density at radius 3 is 3.05 bits per heavy atom. The van der Waals surface area contributed by atoms with Gasteiger partial charge in [-0.05, 0) is 32.6 Å². The first-order valence-electron chi connectivity index (χ1n) is 7.21. The first-order chi connectivity index (χ1) is 9.14. The number of rotatable bonds is 2. The molecule has 0 radical (unpaired) electrons. The highest BCUT2D eigenvalue weighted by Crippen LogP contribution is 2.68. The largest absolute Gasteiger partial charge is 0.466 e. The highest BCUT2D eigenvalue weighted by molar-refractivity contribution is 6.00. The van der Waals surface area contributed by atoms with Crippen molar-refractivity contribution >= 4 is 11.8 Å². The topological polar surface area (TPSA) is 55.9 Å². The van der Waals surface area contributed by atoms with Crippen LogP contribution in [0.15, 0.2) is 11.6 Å². The lowest BCUT2D eigenvalue weighted by molar-refractivity contribution is -0.160. The van der Waals surface area contributed by atoms with Crippen molar-refractivity contribution in [3.05, 3.63) is 11.6 Å². The number of Topliss-reactive ketones (excluding diaryl/α,β-unsaturated/α-hetero) is 1. The van der Waals surface area contributed by atoms with Gasteiger partial charge in [-0.25, -0.2) is 0 Å². The number of hydrogen-bond acceptors (Lipinski definition) is 4. The molecule has 1 heterocycles. The molecule has 4 heteroatoms. The fraction of sp³-hybridized carbons (Fsp3) is 0.733. The molecule has 4 atom stereocenters. The first kappa shape index (κ1) is 11.6. The molecule has 3 fully saturated rings. The number of allylic oxidation sites excluding steroid dienone is 1. The summed E-state index contributed by atoms with van der Waals surface area (Å²) in [6.07, 6.45) is 5.95. The third kappa shape index (κ3) is 1.19. The number of fused-ring (bicyclic) bond motifs is 1. The number of carbonyl (C=O) groups is 2. The Morgan fingerprint density at radius 2 is 2.37 bits per heavy atom. The predicted molar refractivity (Wildman–Crippen MR) is 66.3 cm³/mol. The highest BCUT2D eigenvalue weighted by atomic mass is 16.6. The molecule has 4 aliphatic carbocycles. The van der Waals surface area contributed by atoms with Crippen molar-refractivity contribution in [1.82, 2.24) is 0 Å². The van der Waals surface area contributed by atoms with E-state index in [4.69, 9.17) is 9.47 Å². The molecule has 2 bridgehead atoms. The van der Waals surface area contributed by atoms with Crippen LogP contribution in [-0.2, 0) is 19.1 Å². The van der Waals surface area contributed by atoms with Crippen molar-refractivity contribution in [2.24, 2.45) is 17.3 Å². The standard InChI is InChI=1S/C15H18O4/c1-2-18-13(17)11-7-14-5-3-4-9(14)6-10(11)12(16)15(14)8-19-15/h6,10-11H,2-5,7-8H2,1H3/t10?,11-,14?,15+/m1/s1. The molecule has 5 rings (SSSR count). The monoisotopic (exact) mass is 262 g/mol. The fourth-order valence-electron chi connectivity index (χ4n) is 4.65. The third-order valence-corrected chi connectivity index (χ3v) is 5.54. The van der Waals surface area contributed by atoms with Gasteiger partial charge in [-0.3, -0.25) is 9.59 Å². The van der Waals surface area contributed by atoms with E-state index in [1.54, 1.807) is 6.92 Å².